The molecule has 1 amide bonds. The first-order valence-corrected chi connectivity index (χ1v) is 12.0. The van der Waals surface area contributed by atoms with E-state index in [0.717, 1.165) is 24.8 Å². The first kappa shape index (κ1) is 23.9. The van der Waals surface area contributed by atoms with Gasteiger partial charge in [0.25, 0.3) is 5.91 Å². The van der Waals surface area contributed by atoms with Crippen molar-refractivity contribution in [3.63, 3.8) is 0 Å². The lowest BCUT2D eigenvalue weighted by molar-refractivity contribution is -0.166. The van der Waals surface area contributed by atoms with Crippen molar-refractivity contribution >= 4 is 12.0 Å². The average Bonchev–Trinajstić information content (AvgIpc) is 3.35. The highest BCUT2D eigenvalue weighted by atomic mass is 16.5. The Kier molecular flexibility index (Phi) is 5.98. The van der Waals surface area contributed by atoms with Crippen LogP contribution in [-0.4, -0.2) is 57.1 Å². The predicted molar refractivity (Wildman–Crippen MR) is 134 cm³/mol. The third-order valence-corrected chi connectivity index (χ3v) is 7.72. The standard InChI is InChI=1S/C28H31NO7/c1-29-27(31)23(19(30)13-11-16-12-14-21(33-3)26(35-5)24(16)34-4)22-17-8-6-10-20(32-2)25(17)36-28(29)15-7-9-18(22)28/h6,8,10-14,18,22,30H,7,9,15H2,1-5H3/b13-11?,23-19-. The molecule has 3 unspecified atom stereocenters. The Bertz CT molecular complexity index is 1270. The number of likely N-dealkylation sites (tertiary alicyclic amines) is 1. The Morgan fingerprint density at radius 1 is 1.06 bits per heavy atom. The molecule has 2 aromatic rings. The minimum atomic E-state index is -0.747. The minimum Gasteiger partial charge on any atom is -0.507 e. The molecule has 3 atom stereocenters. The van der Waals surface area contributed by atoms with E-state index < -0.39 is 5.72 Å². The number of ether oxygens (including phenoxy) is 5. The number of benzene rings is 2. The number of piperidine rings is 1. The number of para-hydroxylation sites is 1. The van der Waals surface area contributed by atoms with Gasteiger partial charge in [0.2, 0.25) is 5.75 Å². The molecule has 1 saturated carbocycles. The van der Waals surface area contributed by atoms with Crippen LogP contribution in [0.4, 0.5) is 0 Å². The molecule has 3 aliphatic rings. The molecule has 2 heterocycles. The van der Waals surface area contributed by atoms with Crippen molar-refractivity contribution in [2.75, 3.05) is 35.5 Å². The third-order valence-electron chi connectivity index (χ3n) is 7.72. The second kappa shape index (κ2) is 9.00. The summed E-state index contributed by atoms with van der Waals surface area (Å²) in [4.78, 5) is 15.4. The van der Waals surface area contributed by atoms with Crippen molar-refractivity contribution in [3.8, 4) is 28.7 Å². The number of carbonyl (C=O) groups excluding carboxylic acids is 1. The van der Waals surface area contributed by atoms with E-state index in [-0.39, 0.29) is 23.5 Å². The second-order valence-corrected chi connectivity index (χ2v) is 9.22. The van der Waals surface area contributed by atoms with Crippen LogP contribution >= 0.6 is 0 Å². The van der Waals surface area contributed by atoms with E-state index >= 15 is 0 Å². The Labute approximate surface area is 210 Å². The van der Waals surface area contributed by atoms with Crippen LogP contribution in [0.3, 0.4) is 0 Å². The Morgan fingerprint density at radius 2 is 1.81 bits per heavy atom. The van der Waals surface area contributed by atoms with E-state index in [1.54, 1.807) is 57.6 Å². The lowest BCUT2D eigenvalue weighted by Gasteiger charge is -2.54. The summed E-state index contributed by atoms with van der Waals surface area (Å²) in [5.41, 5.74) is 1.14. The van der Waals surface area contributed by atoms with Crippen LogP contribution in [0, 0.1) is 5.92 Å². The number of carbonyl (C=O) groups is 1. The number of aliphatic hydroxyl groups excluding tert-OH is 1. The van der Waals surface area contributed by atoms with Crippen LogP contribution in [0.2, 0.25) is 0 Å². The quantitative estimate of drug-likeness (QED) is 0.461. The van der Waals surface area contributed by atoms with Crippen LogP contribution in [0.1, 0.15) is 36.3 Å². The number of hydrogen-bond acceptors (Lipinski definition) is 7. The van der Waals surface area contributed by atoms with Gasteiger partial charge in [-0.05, 0) is 43.2 Å². The zero-order chi connectivity index (χ0) is 25.6. The molecule has 0 radical (unpaired) electrons. The highest BCUT2D eigenvalue weighted by Gasteiger charge is 2.62. The van der Waals surface area contributed by atoms with Gasteiger partial charge in [0.05, 0.1) is 34.0 Å². The molecule has 36 heavy (non-hydrogen) atoms. The van der Waals surface area contributed by atoms with Crippen LogP contribution < -0.4 is 23.7 Å². The molecule has 5 rings (SSSR count). The van der Waals surface area contributed by atoms with Crippen molar-refractivity contribution in [1.29, 1.82) is 0 Å². The van der Waals surface area contributed by atoms with Gasteiger partial charge in [-0.15, -0.1) is 0 Å². The van der Waals surface area contributed by atoms with Gasteiger partial charge in [-0.1, -0.05) is 12.1 Å². The molecule has 0 aromatic heterocycles. The molecule has 8 nitrogen and oxygen atoms in total. The molecule has 2 aliphatic heterocycles. The van der Waals surface area contributed by atoms with Crippen LogP contribution in [0.15, 0.2) is 47.7 Å². The van der Waals surface area contributed by atoms with Gasteiger partial charge in [-0.25, -0.2) is 0 Å². The molecule has 2 bridgehead atoms. The number of aliphatic hydroxyl groups is 1. The molecule has 2 aromatic carbocycles. The predicted octanol–water partition coefficient (Wildman–Crippen LogP) is 4.69. The second-order valence-electron chi connectivity index (χ2n) is 9.22. The number of methoxy groups -OCH3 is 4. The number of allylic oxidation sites excluding steroid dienone is 1. The summed E-state index contributed by atoms with van der Waals surface area (Å²) >= 11 is 0. The van der Waals surface area contributed by atoms with E-state index in [0.29, 0.717) is 39.9 Å². The highest BCUT2D eigenvalue weighted by Crippen LogP contribution is 2.61. The number of amides is 1. The van der Waals surface area contributed by atoms with E-state index in [9.17, 15) is 9.90 Å². The summed E-state index contributed by atoms with van der Waals surface area (Å²) in [6, 6.07) is 9.27. The first-order valence-electron chi connectivity index (χ1n) is 12.0. The zero-order valence-corrected chi connectivity index (χ0v) is 21.2. The third kappa shape index (κ3) is 3.31. The molecule has 8 heteroatoms. The summed E-state index contributed by atoms with van der Waals surface area (Å²) in [6.07, 6.45) is 5.81. The van der Waals surface area contributed by atoms with E-state index in [1.165, 1.54) is 7.11 Å². The van der Waals surface area contributed by atoms with Gasteiger partial charge >= 0.3 is 0 Å². The highest BCUT2D eigenvalue weighted by molar-refractivity contribution is 5.98. The van der Waals surface area contributed by atoms with Gasteiger partial charge in [-0.2, -0.15) is 0 Å². The zero-order valence-electron chi connectivity index (χ0n) is 21.2. The summed E-state index contributed by atoms with van der Waals surface area (Å²) < 4.78 is 28.6. The normalized spacial score (nSPS) is 25.7. The van der Waals surface area contributed by atoms with E-state index in [2.05, 4.69) is 0 Å². The molecule has 190 valence electrons. The van der Waals surface area contributed by atoms with Crippen molar-refractivity contribution in [2.45, 2.75) is 30.9 Å². The Morgan fingerprint density at radius 3 is 2.50 bits per heavy atom. The molecular weight excluding hydrogens is 462 g/mol. The minimum absolute atomic E-state index is 0.0287. The van der Waals surface area contributed by atoms with Crippen molar-refractivity contribution < 1.29 is 33.6 Å². The maximum atomic E-state index is 13.7. The molecule has 2 fully saturated rings. The SMILES string of the molecule is COc1cccc2c1OC13CCCC1C2/C(=C(/O)C=Cc1ccc(OC)c(OC)c1OC)C(=O)N3C. The fourth-order valence-electron chi connectivity index (χ4n) is 6.09. The molecular formula is C28H31NO7. The Balaban J connectivity index is 1.65. The fraction of sp³-hybridized carbons (Fsp3) is 0.393. The molecule has 1 N–H and O–H groups in total. The van der Waals surface area contributed by atoms with Crippen molar-refractivity contribution in [1.82, 2.24) is 4.90 Å². The van der Waals surface area contributed by atoms with Crippen LogP contribution in [0.5, 0.6) is 28.7 Å². The Hall–Kier alpha value is -3.81. The van der Waals surface area contributed by atoms with E-state index in [4.69, 9.17) is 23.7 Å². The summed E-state index contributed by atoms with van der Waals surface area (Å²) in [6.45, 7) is 0. The fourth-order valence-corrected chi connectivity index (χ4v) is 6.09. The maximum absolute atomic E-state index is 13.7. The number of likely N-dealkylation sites (N-methyl/N-ethyl adjacent to an activating group) is 1. The summed E-state index contributed by atoms with van der Waals surface area (Å²) in [5.74, 6) is 2.08. The lowest BCUT2D eigenvalue weighted by atomic mass is 9.69. The number of fused-ring (bicyclic) bond motifs is 2. The van der Waals surface area contributed by atoms with Crippen LogP contribution in [0.25, 0.3) is 6.08 Å². The summed E-state index contributed by atoms with van der Waals surface area (Å²) in [5, 5.41) is 11.4. The largest absolute Gasteiger partial charge is 0.507 e. The van der Waals surface area contributed by atoms with Crippen molar-refractivity contribution in [2.24, 2.45) is 5.92 Å². The number of nitrogens with zero attached hydrogens (tertiary/aromatic N) is 1. The monoisotopic (exact) mass is 493 g/mol. The van der Waals surface area contributed by atoms with Gasteiger partial charge in [0.15, 0.2) is 28.7 Å². The number of hydrogen-bond donors (Lipinski definition) is 1. The molecule has 0 spiro atoms. The molecule has 1 aliphatic carbocycles. The van der Waals surface area contributed by atoms with E-state index in [1.807, 2.05) is 18.2 Å². The van der Waals surface area contributed by atoms with Crippen molar-refractivity contribution in [3.05, 3.63) is 58.9 Å². The van der Waals surface area contributed by atoms with Gasteiger partial charge in [0.1, 0.15) is 5.76 Å². The molecule has 1 saturated heterocycles. The lowest BCUT2D eigenvalue weighted by Crippen LogP contribution is -2.64. The summed E-state index contributed by atoms with van der Waals surface area (Å²) in [7, 11) is 7.99. The van der Waals surface area contributed by atoms with Gasteiger partial charge in [-0.3, -0.25) is 4.79 Å². The van der Waals surface area contributed by atoms with Crippen LogP contribution in [-0.2, 0) is 4.79 Å². The average molecular weight is 494 g/mol. The topological polar surface area (TPSA) is 86.7 Å². The number of rotatable bonds is 6. The smallest absolute Gasteiger partial charge is 0.256 e. The van der Waals surface area contributed by atoms with Gasteiger partial charge < -0.3 is 33.7 Å². The first-order chi connectivity index (χ1) is 17.4. The maximum Gasteiger partial charge on any atom is 0.256 e. The van der Waals surface area contributed by atoms with Gasteiger partial charge in [0, 0.05) is 36.4 Å².